The number of amides is 1. The van der Waals surface area contributed by atoms with Crippen molar-refractivity contribution in [1.82, 2.24) is 4.31 Å². The lowest BCUT2D eigenvalue weighted by Gasteiger charge is -2.35. The Bertz CT molecular complexity index is 1040. The Labute approximate surface area is 180 Å². The smallest absolute Gasteiger partial charge is 0.243 e. The molecule has 9 heteroatoms. The Balaban J connectivity index is 1.52. The zero-order chi connectivity index (χ0) is 20.6. The van der Waals surface area contributed by atoms with Gasteiger partial charge in [-0.3, -0.25) is 4.79 Å². The van der Waals surface area contributed by atoms with E-state index in [1.165, 1.54) is 4.31 Å². The van der Waals surface area contributed by atoms with E-state index in [0.717, 1.165) is 10.6 Å². The maximum Gasteiger partial charge on any atom is 0.243 e. The standard InChI is InChI=1S/C20H22ClN3O3S2/c1-14-11-20(25)22-18-13-17(5-6-19(18)28-14)29(26,27)24-9-7-23(8-10-24)16-4-2-3-15(21)12-16/h2-6,12-14H,7-11H2,1H3,(H,22,25)/t14-/m0/s1. The molecule has 0 aromatic heterocycles. The van der Waals surface area contributed by atoms with Crippen molar-refractivity contribution in [3.8, 4) is 0 Å². The second-order valence-electron chi connectivity index (χ2n) is 7.21. The van der Waals surface area contributed by atoms with Gasteiger partial charge in [-0.2, -0.15) is 4.31 Å². The van der Waals surface area contributed by atoms with Crippen LogP contribution < -0.4 is 10.2 Å². The van der Waals surface area contributed by atoms with E-state index < -0.39 is 10.0 Å². The third-order valence-electron chi connectivity index (χ3n) is 5.08. The van der Waals surface area contributed by atoms with Crippen molar-refractivity contribution in [2.24, 2.45) is 0 Å². The van der Waals surface area contributed by atoms with E-state index in [-0.39, 0.29) is 16.1 Å². The first-order chi connectivity index (χ1) is 13.8. The van der Waals surface area contributed by atoms with E-state index in [0.29, 0.717) is 43.3 Å². The highest BCUT2D eigenvalue weighted by molar-refractivity contribution is 8.00. The van der Waals surface area contributed by atoms with Crippen LogP contribution in [0.2, 0.25) is 5.02 Å². The summed E-state index contributed by atoms with van der Waals surface area (Å²) in [5.41, 5.74) is 1.57. The molecule has 154 valence electrons. The first kappa shape index (κ1) is 20.5. The van der Waals surface area contributed by atoms with Crippen LogP contribution in [0.1, 0.15) is 13.3 Å². The van der Waals surface area contributed by atoms with Gasteiger partial charge in [0, 0.05) is 53.5 Å². The minimum atomic E-state index is -3.63. The summed E-state index contributed by atoms with van der Waals surface area (Å²) in [5, 5.41) is 3.65. The number of carbonyl (C=O) groups is 1. The molecular weight excluding hydrogens is 430 g/mol. The van der Waals surface area contributed by atoms with Crippen molar-refractivity contribution in [1.29, 1.82) is 0 Å². The Kier molecular flexibility index (Phi) is 5.79. The lowest BCUT2D eigenvalue weighted by Crippen LogP contribution is -2.48. The molecule has 0 bridgehead atoms. The summed E-state index contributed by atoms with van der Waals surface area (Å²) in [6, 6.07) is 12.6. The zero-order valence-corrected chi connectivity index (χ0v) is 18.4. The van der Waals surface area contributed by atoms with Crippen molar-refractivity contribution < 1.29 is 13.2 Å². The molecule has 0 radical (unpaired) electrons. The number of sulfonamides is 1. The molecule has 29 heavy (non-hydrogen) atoms. The SMILES string of the molecule is C[C@H]1CC(=O)Nc2cc(S(=O)(=O)N3CCN(c4cccc(Cl)c4)CC3)ccc2S1. The Morgan fingerprint density at radius 3 is 2.59 bits per heavy atom. The topological polar surface area (TPSA) is 69.7 Å². The molecule has 0 unspecified atom stereocenters. The Morgan fingerprint density at radius 1 is 1.10 bits per heavy atom. The largest absolute Gasteiger partial charge is 0.369 e. The van der Waals surface area contributed by atoms with Gasteiger partial charge >= 0.3 is 0 Å². The van der Waals surface area contributed by atoms with Gasteiger partial charge in [0.25, 0.3) is 0 Å². The van der Waals surface area contributed by atoms with E-state index >= 15 is 0 Å². The first-order valence-electron chi connectivity index (χ1n) is 9.44. The number of carbonyl (C=O) groups excluding carboxylic acids is 1. The molecule has 0 spiro atoms. The molecule has 1 amide bonds. The van der Waals surface area contributed by atoms with Crippen molar-refractivity contribution in [2.75, 3.05) is 36.4 Å². The second kappa shape index (κ2) is 8.18. The fourth-order valence-electron chi connectivity index (χ4n) is 3.60. The van der Waals surface area contributed by atoms with Crippen LogP contribution in [0, 0.1) is 0 Å². The zero-order valence-electron chi connectivity index (χ0n) is 16.0. The highest BCUT2D eigenvalue weighted by Gasteiger charge is 2.30. The Morgan fingerprint density at radius 2 is 1.86 bits per heavy atom. The van der Waals surface area contributed by atoms with Crippen molar-refractivity contribution in [3.63, 3.8) is 0 Å². The number of fused-ring (bicyclic) bond motifs is 1. The minimum Gasteiger partial charge on any atom is -0.369 e. The predicted molar refractivity (Wildman–Crippen MR) is 117 cm³/mol. The van der Waals surface area contributed by atoms with E-state index in [1.807, 2.05) is 31.2 Å². The summed E-state index contributed by atoms with van der Waals surface area (Å²) < 4.78 is 27.8. The van der Waals surface area contributed by atoms with Gasteiger partial charge in [0.15, 0.2) is 0 Å². The van der Waals surface area contributed by atoms with Crippen LogP contribution in [-0.2, 0) is 14.8 Å². The highest BCUT2D eigenvalue weighted by Crippen LogP contribution is 2.36. The number of hydrogen-bond acceptors (Lipinski definition) is 5. The van der Waals surface area contributed by atoms with Gasteiger partial charge in [-0.15, -0.1) is 11.8 Å². The molecule has 1 saturated heterocycles. The molecule has 0 saturated carbocycles. The first-order valence-corrected chi connectivity index (χ1v) is 12.1. The third-order valence-corrected chi connectivity index (χ3v) is 8.38. The molecule has 2 aliphatic rings. The number of rotatable bonds is 3. The third kappa shape index (κ3) is 4.40. The molecule has 1 atom stereocenters. The summed E-state index contributed by atoms with van der Waals surface area (Å²) in [6.45, 7) is 3.96. The molecule has 1 N–H and O–H groups in total. The maximum atomic E-state index is 13.2. The maximum absolute atomic E-state index is 13.2. The van der Waals surface area contributed by atoms with E-state index in [2.05, 4.69) is 10.2 Å². The van der Waals surface area contributed by atoms with Gasteiger partial charge in [-0.05, 0) is 36.4 Å². The molecule has 2 aromatic carbocycles. The molecule has 2 aliphatic heterocycles. The number of thioether (sulfide) groups is 1. The fourth-order valence-corrected chi connectivity index (χ4v) is 6.28. The summed E-state index contributed by atoms with van der Waals surface area (Å²) in [4.78, 5) is 15.3. The second-order valence-corrected chi connectivity index (χ2v) is 11.1. The highest BCUT2D eigenvalue weighted by atomic mass is 35.5. The van der Waals surface area contributed by atoms with E-state index in [9.17, 15) is 13.2 Å². The summed E-state index contributed by atoms with van der Waals surface area (Å²) in [6.07, 6.45) is 0.410. The number of nitrogens with one attached hydrogen (secondary N) is 1. The quantitative estimate of drug-likeness (QED) is 0.770. The molecule has 2 heterocycles. The predicted octanol–water partition coefficient (Wildman–Crippen LogP) is 3.67. The van der Waals surface area contributed by atoms with Gasteiger partial charge < -0.3 is 10.2 Å². The molecule has 0 aliphatic carbocycles. The van der Waals surface area contributed by atoms with Gasteiger partial charge in [-0.1, -0.05) is 24.6 Å². The average molecular weight is 452 g/mol. The Hall–Kier alpha value is -1.74. The molecule has 4 rings (SSSR count). The number of anilines is 2. The number of halogens is 1. The van der Waals surface area contributed by atoms with Crippen LogP contribution in [0.3, 0.4) is 0 Å². The van der Waals surface area contributed by atoms with Crippen LogP contribution in [0.15, 0.2) is 52.3 Å². The number of nitrogens with zero attached hydrogens (tertiary/aromatic N) is 2. The summed E-state index contributed by atoms with van der Waals surface area (Å²) >= 11 is 7.65. The minimum absolute atomic E-state index is 0.0894. The van der Waals surface area contributed by atoms with Crippen LogP contribution >= 0.6 is 23.4 Å². The van der Waals surface area contributed by atoms with Gasteiger partial charge in [0.1, 0.15) is 0 Å². The van der Waals surface area contributed by atoms with Crippen molar-refractivity contribution in [2.45, 2.75) is 28.4 Å². The van der Waals surface area contributed by atoms with Gasteiger partial charge in [0.05, 0.1) is 10.6 Å². The monoisotopic (exact) mass is 451 g/mol. The van der Waals surface area contributed by atoms with E-state index in [1.54, 1.807) is 30.0 Å². The lowest BCUT2D eigenvalue weighted by atomic mass is 10.2. The van der Waals surface area contributed by atoms with Crippen molar-refractivity contribution >= 4 is 50.7 Å². The number of benzene rings is 2. The van der Waals surface area contributed by atoms with Crippen molar-refractivity contribution in [3.05, 3.63) is 47.5 Å². The van der Waals surface area contributed by atoms with Crippen LogP contribution in [0.25, 0.3) is 0 Å². The van der Waals surface area contributed by atoms with E-state index in [4.69, 9.17) is 11.6 Å². The van der Waals surface area contributed by atoms with Crippen LogP contribution in [0.4, 0.5) is 11.4 Å². The van der Waals surface area contributed by atoms with Gasteiger partial charge in [-0.25, -0.2) is 8.42 Å². The van der Waals surface area contributed by atoms with Crippen LogP contribution in [-0.4, -0.2) is 50.1 Å². The van der Waals surface area contributed by atoms with Crippen LogP contribution in [0.5, 0.6) is 0 Å². The summed E-state index contributed by atoms with van der Waals surface area (Å²) in [5.74, 6) is -0.0894. The average Bonchev–Trinajstić information content (AvgIpc) is 2.83. The number of piperazine rings is 1. The number of hydrogen-bond donors (Lipinski definition) is 1. The molecular formula is C20H22ClN3O3S2. The molecule has 2 aromatic rings. The molecule has 6 nitrogen and oxygen atoms in total. The summed E-state index contributed by atoms with van der Waals surface area (Å²) in [7, 11) is -3.63. The fraction of sp³-hybridized carbons (Fsp3) is 0.350. The normalized spacial score (nSPS) is 20.7. The molecule has 1 fully saturated rings. The van der Waals surface area contributed by atoms with Gasteiger partial charge in [0.2, 0.25) is 15.9 Å². The lowest BCUT2D eigenvalue weighted by molar-refractivity contribution is -0.116.